The number of rotatable bonds is 4. The molecular weight excluding hydrogens is 326 g/mol. The zero-order valence-electron chi connectivity index (χ0n) is 14.9. The Morgan fingerprint density at radius 2 is 1.88 bits per heavy atom. The topological polar surface area (TPSA) is 77.5 Å². The van der Waals surface area contributed by atoms with Crippen molar-refractivity contribution >= 4 is 29.5 Å². The number of fused-ring (bicyclic) bond motifs is 3. The van der Waals surface area contributed by atoms with E-state index in [0.717, 1.165) is 42.9 Å². The lowest BCUT2D eigenvalue weighted by molar-refractivity contribution is 0.477. The van der Waals surface area contributed by atoms with Gasteiger partial charge in [-0.2, -0.15) is 9.97 Å². The summed E-state index contributed by atoms with van der Waals surface area (Å²) in [6, 6.07) is 9.27. The van der Waals surface area contributed by atoms with Crippen molar-refractivity contribution in [1.82, 2.24) is 15.3 Å². The number of aromatic nitrogens is 2. The smallest absolute Gasteiger partial charge is 0.229 e. The maximum absolute atomic E-state index is 4.84. The van der Waals surface area contributed by atoms with Gasteiger partial charge < -0.3 is 20.9 Å². The zero-order valence-corrected chi connectivity index (χ0v) is 14.9. The third-order valence-corrected chi connectivity index (χ3v) is 5.49. The van der Waals surface area contributed by atoms with E-state index in [9.17, 15) is 0 Å². The largest absolute Gasteiger partial charge is 0.373 e. The summed E-state index contributed by atoms with van der Waals surface area (Å²) in [5.41, 5.74) is 3.47. The van der Waals surface area contributed by atoms with E-state index >= 15 is 0 Å². The highest BCUT2D eigenvalue weighted by Crippen LogP contribution is 2.32. The van der Waals surface area contributed by atoms with Crippen LogP contribution in [-0.4, -0.2) is 48.4 Å². The molecule has 134 valence electrons. The van der Waals surface area contributed by atoms with Crippen molar-refractivity contribution in [1.29, 1.82) is 0 Å². The molecule has 2 unspecified atom stereocenters. The van der Waals surface area contributed by atoms with Gasteiger partial charge in [-0.15, -0.1) is 0 Å². The summed E-state index contributed by atoms with van der Waals surface area (Å²) in [4.78, 5) is 16.3. The molecule has 3 aliphatic rings. The molecule has 0 amide bonds. The first-order valence-electron chi connectivity index (χ1n) is 9.26. The number of anilines is 4. The minimum absolute atomic E-state index is 0.491. The van der Waals surface area contributed by atoms with E-state index in [0.29, 0.717) is 12.1 Å². The molecule has 0 aliphatic carbocycles. The van der Waals surface area contributed by atoms with Crippen LogP contribution in [0.15, 0.2) is 29.3 Å². The molecule has 2 saturated heterocycles. The third-order valence-electron chi connectivity index (χ3n) is 5.49. The quantitative estimate of drug-likeness (QED) is 0.785. The minimum Gasteiger partial charge on any atom is -0.373 e. The summed E-state index contributed by atoms with van der Waals surface area (Å²) in [5, 5.41) is 10.1. The van der Waals surface area contributed by atoms with Crippen molar-refractivity contribution in [2.75, 3.05) is 35.7 Å². The molecule has 1 aromatic carbocycles. The van der Waals surface area contributed by atoms with Crippen LogP contribution in [0.5, 0.6) is 0 Å². The number of hydrogen-bond acceptors (Lipinski definition) is 7. The van der Waals surface area contributed by atoms with Crippen LogP contribution < -0.4 is 20.9 Å². The minimum atomic E-state index is 0.491. The van der Waals surface area contributed by atoms with Gasteiger partial charge in [0, 0.05) is 50.2 Å². The van der Waals surface area contributed by atoms with E-state index in [1.807, 2.05) is 19.3 Å². The van der Waals surface area contributed by atoms with Crippen LogP contribution in [0, 0.1) is 0 Å². The molecule has 3 aliphatic heterocycles. The maximum atomic E-state index is 4.84. The predicted octanol–water partition coefficient (Wildman–Crippen LogP) is 2.13. The summed E-state index contributed by atoms with van der Waals surface area (Å²) in [6.45, 7) is 2.80. The van der Waals surface area contributed by atoms with Gasteiger partial charge in [0.15, 0.2) is 0 Å². The normalized spacial score (nSPS) is 23.2. The summed E-state index contributed by atoms with van der Waals surface area (Å²) in [7, 11) is 1.90. The molecule has 5 rings (SSSR count). The molecule has 7 nitrogen and oxygen atoms in total. The van der Waals surface area contributed by atoms with E-state index in [-0.39, 0.29) is 0 Å². The maximum Gasteiger partial charge on any atom is 0.229 e. The van der Waals surface area contributed by atoms with Crippen molar-refractivity contribution < 1.29 is 0 Å². The van der Waals surface area contributed by atoms with Crippen molar-refractivity contribution in [2.24, 2.45) is 4.99 Å². The van der Waals surface area contributed by atoms with Crippen molar-refractivity contribution in [3.05, 3.63) is 35.4 Å². The number of aliphatic imine (C=N–C) groups is 1. The van der Waals surface area contributed by atoms with Crippen LogP contribution in [0.3, 0.4) is 0 Å². The first-order valence-corrected chi connectivity index (χ1v) is 9.26. The van der Waals surface area contributed by atoms with E-state index in [4.69, 9.17) is 9.97 Å². The van der Waals surface area contributed by atoms with Crippen LogP contribution in [0.2, 0.25) is 0 Å². The van der Waals surface area contributed by atoms with Crippen LogP contribution >= 0.6 is 0 Å². The first-order chi connectivity index (χ1) is 12.8. The second-order valence-corrected chi connectivity index (χ2v) is 7.15. The molecule has 2 bridgehead atoms. The lowest BCUT2D eigenvalue weighted by atomic mass is 10.1. The van der Waals surface area contributed by atoms with Crippen molar-refractivity contribution in [3.63, 3.8) is 0 Å². The van der Waals surface area contributed by atoms with E-state index in [2.05, 4.69) is 44.0 Å². The standard InChI is InChI=1S/C19H23N7/c1-20-17-7-18(23-14-3-2-12-8-21-9-13(12)6-14)25-19(24-17)26-15-4-5-16(26)11-22-10-15/h2-3,6-7,9,15-16,22H,4-5,8,10-11H2,1H3,(H2,20,23,24,25). The van der Waals surface area contributed by atoms with E-state index < -0.39 is 0 Å². The molecule has 0 spiro atoms. The Labute approximate surface area is 152 Å². The van der Waals surface area contributed by atoms with Gasteiger partial charge in [-0.1, -0.05) is 6.07 Å². The highest BCUT2D eigenvalue weighted by Gasteiger charge is 2.38. The Hall–Kier alpha value is -2.67. The van der Waals surface area contributed by atoms with Crippen molar-refractivity contribution in [3.8, 4) is 0 Å². The molecule has 7 heteroatoms. The monoisotopic (exact) mass is 349 g/mol. The lowest BCUT2D eigenvalue weighted by Crippen LogP contribution is -2.52. The van der Waals surface area contributed by atoms with Crippen LogP contribution in [0.4, 0.5) is 23.3 Å². The van der Waals surface area contributed by atoms with Gasteiger partial charge in [-0.05, 0) is 36.1 Å². The first kappa shape index (κ1) is 15.6. The van der Waals surface area contributed by atoms with Gasteiger partial charge >= 0.3 is 0 Å². The second-order valence-electron chi connectivity index (χ2n) is 7.15. The zero-order chi connectivity index (χ0) is 17.5. The lowest BCUT2D eigenvalue weighted by Gasteiger charge is -2.35. The molecule has 0 radical (unpaired) electrons. The van der Waals surface area contributed by atoms with Gasteiger partial charge in [0.2, 0.25) is 5.95 Å². The molecule has 2 aromatic rings. The Bertz CT molecular complexity index is 847. The highest BCUT2D eigenvalue weighted by molar-refractivity contribution is 5.86. The van der Waals surface area contributed by atoms with E-state index in [1.54, 1.807) is 0 Å². The number of benzene rings is 1. The molecule has 2 atom stereocenters. The average Bonchev–Trinajstić information content (AvgIpc) is 3.22. The van der Waals surface area contributed by atoms with Gasteiger partial charge in [0.05, 0.1) is 6.54 Å². The van der Waals surface area contributed by atoms with E-state index in [1.165, 1.54) is 24.0 Å². The number of nitrogens with one attached hydrogen (secondary N) is 3. The highest BCUT2D eigenvalue weighted by atomic mass is 15.4. The average molecular weight is 349 g/mol. The SMILES string of the molecule is CNc1cc(Nc2ccc3c(c2)C=NC3)nc(N2C3CCC2CNC3)n1. The number of piperazine rings is 1. The molecule has 0 saturated carbocycles. The number of nitrogens with zero attached hydrogens (tertiary/aromatic N) is 4. The van der Waals surface area contributed by atoms with Gasteiger partial charge in [0.1, 0.15) is 11.6 Å². The Morgan fingerprint density at radius 3 is 2.69 bits per heavy atom. The van der Waals surface area contributed by atoms with Crippen LogP contribution in [0.1, 0.15) is 24.0 Å². The van der Waals surface area contributed by atoms with Gasteiger partial charge in [-0.3, -0.25) is 4.99 Å². The Kier molecular flexibility index (Phi) is 3.74. The summed E-state index contributed by atoms with van der Waals surface area (Å²) < 4.78 is 0. The third kappa shape index (κ3) is 2.68. The molecule has 26 heavy (non-hydrogen) atoms. The van der Waals surface area contributed by atoms with Crippen LogP contribution in [-0.2, 0) is 6.54 Å². The summed E-state index contributed by atoms with van der Waals surface area (Å²) in [5.74, 6) is 2.46. The Balaban J connectivity index is 1.46. The molecular formula is C19H23N7. The van der Waals surface area contributed by atoms with Gasteiger partial charge in [0.25, 0.3) is 0 Å². The summed E-state index contributed by atoms with van der Waals surface area (Å²) >= 11 is 0. The molecule has 1 aromatic heterocycles. The second kappa shape index (κ2) is 6.25. The molecule has 3 N–H and O–H groups in total. The fourth-order valence-electron chi connectivity index (χ4n) is 4.17. The molecule has 2 fully saturated rings. The van der Waals surface area contributed by atoms with Crippen LogP contribution in [0.25, 0.3) is 0 Å². The fourth-order valence-corrected chi connectivity index (χ4v) is 4.17. The number of hydrogen-bond donors (Lipinski definition) is 3. The predicted molar refractivity (Wildman–Crippen MR) is 105 cm³/mol. The van der Waals surface area contributed by atoms with Crippen molar-refractivity contribution in [2.45, 2.75) is 31.5 Å². The van der Waals surface area contributed by atoms with Gasteiger partial charge in [-0.25, -0.2) is 0 Å². The Morgan fingerprint density at radius 1 is 1.08 bits per heavy atom. The fraction of sp³-hybridized carbons (Fsp3) is 0.421. The summed E-state index contributed by atoms with van der Waals surface area (Å²) in [6.07, 6.45) is 4.35. The molecule has 4 heterocycles.